The van der Waals surface area contributed by atoms with E-state index in [-0.39, 0.29) is 17.4 Å². The van der Waals surface area contributed by atoms with Crippen molar-refractivity contribution in [1.82, 2.24) is 15.2 Å². The smallest absolute Gasteiger partial charge is 0.280 e. The average molecular weight is 224 g/mol. The monoisotopic (exact) mass is 224 g/mol. The Kier molecular flexibility index (Phi) is 3.07. The molecule has 1 fully saturated rings. The number of nitrogen functional groups attached to an aromatic ring is 1. The number of nitrogens with two attached hydrogens (primary N) is 1. The van der Waals surface area contributed by atoms with Crippen LogP contribution >= 0.6 is 0 Å². The van der Waals surface area contributed by atoms with Crippen molar-refractivity contribution in [3.8, 4) is 0 Å². The van der Waals surface area contributed by atoms with Crippen molar-refractivity contribution in [2.24, 2.45) is 0 Å². The zero-order valence-corrected chi connectivity index (χ0v) is 9.35. The van der Waals surface area contributed by atoms with Crippen LogP contribution in [-0.4, -0.2) is 33.7 Å². The van der Waals surface area contributed by atoms with Gasteiger partial charge in [0.05, 0.1) is 0 Å². The van der Waals surface area contributed by atoms with Crippen LogP contribution in [0.2, 0.25) is 0 Å². The maximum Gasteiger partial charge on any atom is 0.280 e. The molecule has 1 aromatic heterocycles. The van der Waals surface area contributed by atoms with E-state index in [2.05, 4.69) is 14.9 Å². The van der Waals surface area contributed by atoms with Gasteiger partial charge in [-0.15, -0.1) is 0 Å². The second-order valence-corrected chi connectivity index (χ2v) is 4.03. The molecule has 16 heavy (non-hydrogen) atoms. The van der Waals surface area contributed by atoms with Crippen LogP contribution in [0.1, 0.15) is 43.1 Å². The summed E-state index contributed by atoms with van der Waals surface area (Å²) in [5.41, 5.74) is 5.65. The first-order valence-corrected chi connectivity index (χ1v) is 5.63. The molecule has 2 rings (SSSR count). The SMILES string of the molecule is CCN(C(=O)c1nonc1N)C1CCCC1. The van der Waals surface area contributed by atoms with E-state index >= 15 is 0 Å². The molecule has 0 saturated heterocycles. The largest absolute Gasteiger partial charge is 0.379 e. The maximum absolute atomic E-state index is 12.1. The Bertz CT molecular complexity index is 371. The molecule has 6 heteroatoms. The Morgan fingerprint density at radius 2 is 2.19 bits per heavy atom. The van der Waals surface area contributed by atoms with Crippen LogP contribution in [0.3, 0.4) is 0 Å². The molecule has 1 aliphatic carbocycles. The summed E-state index contributed by atoms with van der Waals surface area (Å²) in [5, 5.41) is 6.98. The Labute approximate surface area is 93.7 Å². The van der Waals surface area contributed by atoms with E-state index in [1.807, 2.05) is 11.8 Å². The summed E-state index contributed by atoms with van der Waals surface area (Å²) in [4.78, 5) is 13.9. The van der Waals surface area contributed by atoms with Gasteiger partial charge in [-0.2, -0.15) is 0 Å². The van der Waals surface area contributed by atoms with Crippen molar-refractivity contribution in [3.63, 3.8) is 0 Å². The number of amides is 1. The molecule has 0 atom stereocenters. The lowest BCUT2D eigenvalue weighted by Crippen LogP contribution is -2.39. The number of anilines is 1. The first-order valence-electron chi connectivity index (χ1n) is 5.63. The van der Waals surface area contributed by atoms with Gasteiger partial charge in [0.1, 0.15) is 0 Å². The molecule has 1 amide bonds. The van der Waals surface area contributed by atoms with Gasteiger partial charge in [-0.25, -0.2) is 4.63 Å². The lowest BCUT2D eigenvalue weighted by molar-refractivity contribution is 0.0683. The number of carbonyl (C=O) groups excluding carboxylic acids is 1. The van der Waals surface area contributed by atoms with Crippen molar-refractivity contribution >= 4 is 11.7 Å². The van der Waals surface area contributed by atoms with Gasteiger partial charge in [0.15, 0.2) is 0 Å². The fraction of sp³-hybridized carbons (Fsp3) is 0.700. The minimum Gasteiger partial charge on any atom is -0.379 e. The van der Waals surface area contributed by atoms with E-state index in [1.54, 1.807) is 0 Å². The normalized spacial score (nSPS) is 16.6. The van der Waals surface area contributed by atoms with Crippen LogP contribution in [0.5, 0.6) is 0 Å². The second-order valence-electron chi connectivity index (χ2n) is 4.03. The summed E-state index contributed by atoms with van der Waals surface area (Å²) in [6.45, 7) is 2.62. The third-order valence-electron chi connectivity index (χ3n) is 3.08. The first kappa shape index (κ1) is 10.9. The predicted molar refractivity (Wildman–Crippen MR) is 57.7 cm³/mol. The average Bonchev–Trinajstić information content (AvgIpc) is 2.90. The van der Waals surface area contributed by atoms with Crippen LogP contribution in [0.15, 0.2) is 4.63 Å². The maximum atomic E-state index is 12.1. The molecule has 0 aromatic carbocycles. The van der Waals surface area contributed by atoms with Crippen LogP contribution < -0.4 is 5.73 Å². The fourth-order valence-electron chi connectivity index (χ4n) is 2.26. The summed E-state index contributed by atoms with van der Waals surface area (Å²) >= 11 is 0. The van der Waals surface area contributed by atoms with Gasteiger partial charge in [-0.05, 0) is 30.1 Å². The van der Waals surface area contributed by atoms with E-state index in [9.17, 15) is 4.79 Å². The highest BCUT2D eigenvalue weighted by molar-refractivity contribution is 5.96. The molecule has 1 aliphatic rings. The number of nitrogens with zero attached hydrogens (tertiary/aromatic N) is 3. The number of hydrogen-bond acceptors (Lipinski definition) is 5. The fourth-order valence-corrected chi connectivity index (χ4v) is 2.26. The standard InChI is InChI=1S/C10H16N4O2/c1-2-14(7-5-3-4-6-7)10(15)8-9(11)13-16-12-8/h7H,2-6H2,1H3,(H2,11,13). The second kappa shape index (κ2) is 4.51. The van der Waals surface area contributed by atoms with E-state index in [0.717, 1.165) is 12.8 Å². The molecule has 1 saturated carbocycles. The molecule has 0 bridgehead atoms. The first-order chi connectivity index (χ1) is 7.74. The van der Waals surface area contributed by atoms with Crippen LogP contribution in [-0.2, 0) is 0 Å². The van der Waals surface area contributed by atoms with Gasteiger partial charge in [0.2, 0.25) is 11.5 Å². The number of carbonyl (C=O) groups is 1. The third kappa shape index (κ3) is 1.87. The highest BCUT2D eigenvalue weighted by Crippen LogP contribution is 2.25. The molecule has 0 aliphatic heterocycles. The molecular formula is C10H16N4O2. The quantitative estimate of drug-likeness (QED) is 0.829. The van der Waals surface area contributed by atoms with E-state index in [1.165, 1.54) is 12.8 Å². The number of hydrogen-bond donors (Lipinski definition) is 1. The highest BCUT2D eigenvalue weighted by atomic mass is 16.6. The van der Waals surface area contributed by atoms with Crippen molar-refractivity contribution in [1.29, 1.82) is 0 Å². The van der Waals surface area contributed by atoms with Crippen molar-refractivity contribution in [2.45, 2.75) is 38.6 Å². The zero-order chi connectivity index (χ0) is 11.5. The lowest BCUT2D eigenvalue weighted by atomic mass is 10.2. The van der Waals surface area contributed by atoms with Gasteiger partial charge in [0.25, 0.3) is 5.91 Å². The summed E-state index contributed by atoms with van der Waals surface area (Å²) in [7, 11) is 0. The topological polar surface area (TPSA) is 85.2 Å². The molecule has 1 aromatic rings. The van der Waals surface area contributed by atoms with E-state index in [4.69, 9.17) is 5.73 Å². The molecular weight excluding hydrogens is 208 g/mol. The van der Waals surface area contributed by atoms with Gasteiger partial charge in [-0.1, -0.05) is 12.8 Å². The Morgan fingerprint density at radius 3 is 2.69 bits per heavy atom. The number of rotatable bonds is 3. The zero-order valence-electron chi connectivity index (χ0n) is 9.35. The van der Waals surface area contributed by atoms with Crippen molar-refractivity contribution in [3.05, 3.63) is 5.69 Å². The van der Waals surface area contributed by atoms with Crippen LogP contribution in [0, 0.1) is 0 Å². The minimum absolute atomic E-state index is 0.0708. The summed E-state index contributed by atoms with van der Waals surface area (Å²) in [5.74, 6) is -0.102. The third-order valence-corrected chi connectivity index (χ3v) is 3.08. The van der Waals surface area contributed by atoms with Gasteiger partial charge >= 0.3 is 0 Å². The van der Waals surface area contributed by atoms with Crippen LogP contribution in [0.25, 0.3) is 0 Å². The number of aromatic nitrogens is 2. The Morgan fingerprint density at radius 1 is 1.50 bits per heavy atom. The molecule has 1 heterocycles. The van der Waals surface area contributed by atoms with Crippen molar-refractivity contribution in [2.75, 3.05) is 12.3 Å². The van der Waals surface area contributed by atoms with Gasteiger partial charge < -0.3 is 10.6 Å². The van der Waals surface area contributed by atoms with E-state index < -0.39 is 0 Å². The minimum atomic E-state index is -0.173. The molecule has 0 spiro atoms. The summed E-state index contributed by atoms with van der Waals surface area (Å²) in [6, 6.07) is 0.314. The van der Waals surface area contributed by atoms with Crippen molar-refractivity contribution < 1.29 is 9.42 Å². The molecule has 2 N–H and O–H groups in total. The summed E-state index contributed by atoms with van der Waals surface area (Å²) in [6.07, 6.45) is 4.48. The molecule has 88 valence electrons. The molecule has 0 unspecified atom stereocenters. The lowest BCUT2D eigenvalue weighted by Gasteiger charge is -2.26. The van der Waals surface area contributed by atoms with E-state index in [0.29, 0.717) is 12.6 Å². The predicted octanol–water partition coefficient (Wildman–Crippen LogP) is 1.06. The summed E-state index contributed by atoms with van der Waals surface area (Å²) < 4.78 is 4.45. The Hall–Kier alpha value is -1.59. The molecule has 6 nitrogen and oxygen atoms in total. The highest BCUT2D eigenvalue weighted by Gasteiger charge is 2.29. The molecule has 0 radical (unpaired) electrons. The van der Waals surface area contributed by atoms with Gasteiger partial charge in [0, 0.05) is 12.6 Å². The van der Waals surface area contributed by atoms with Gasteiger partial charge in [-0.3, -0.25) is 4.79 Å². The van der Waals surface area contributed by atoms with Crippen LogP contribution in [0.4, 0.5) is 5.82 Å². The Balaban J connectivity index is 2.15.